The van der Waals surface area contributed by atoms with Crippen LogP contribution in [0.25, 0.3) is 0 Å². The van der Waals surface area contributed by atoms with Gasteiger partial charge < -0.3 is 15.0 Å². The van der Waals surface area contributed by atoms with Gasteiger partial charge in [0.25, 0.3) is 5.91 Å². The number of carbonyl (C=O) groups is 1. The second kappa shape index (κ2) is 6.80. The van der Waals surface area contributed by atoms with Crippen molar-refractivity contribution in [2.75, 3.05) is 36.5 Å². The Hall–Kier alpha value is -2.06. The molecule has 3 heterocycles. The van der Waals surface area contributed by atoms with Crippen LogP contribution in [0.4, 0.5) is 11.5 Å². The summed E-state index contributed by atoms with van der Waals surface area (Å²) >= 11 is 1.12. The quantitative estimate of drug-likeness (QED) is 0.922. The predicted octanol–water partition coefficient (Wildman–Crippen LogP) is 1.58. The molecule has 22 heavy (non-hydrogen) atoms. The molecule has 0 radical (unpaired) electrons. The van der Waals surface area contributed by atoms with Gasteiger partial charge in [0.2, 0.25) is 0 Å². The van der Waals surface area contributed by atoms with Crippen LogP contribution in [0.1, 0.15) is 22.3 Å². The van der Waals surface area contributed by atoms with Crippen molar-refractivity contribution in [3.63, 3.8) is 0 Å². The van der Waals surface area contributed by atoms with Crippen molar-refractivity contribution in [2.24, 2.45) is 0 Å². The Morgan fingerprint density at radius 1 is 1.45 bits per heavy atom. The van der Waals surface area contributed by atoms with Gasteiger partial charge in [0.1, 0.15) is 4.88 Å². The summed E-state index contributed by atoms with van der Waals surface area (Å²) in [4.78, 5) is 19.5. The zero-order chi connectivity index (χ0) is 15.4. The topological polar surface area (TPSA) is 80.2 Å². The highest BCUT2D eigenvalue weighted by atomic mass is 32.1. The molecule has 0 unspecified atom stereocenters. The fourth-order valence-electron chi connectivity index (χ4n) is 2.31. The molecule has 0 saturated carbocycles. The molecular formula is C14H17N5O2S. The first-order valence-corrected chi connectivity index (χ1v) is 7.97. The summed E-state index contributed by atoms with van der Waals surface area (Å²) in [5.74, 6) is 0.587. The van der Waals surface area contributed by atoms with Crippen molar-refractivity contribution >= 4 is 28.9 Å². The first-order chi connectivity index (χ1) is 10.8. The molecule has 0 aromatic carbocycles. The third-order valence-electron chi connectivity index (χ3n) is 3.44. The van der Waals surface area contributed by atoms with Crippen molar-refractivity contribution in [1.29, 1.82) is 0 Å². The van der Waals surface area contributed by atoms with E-state index in [1.165, 1.54) is 0 Å². The summed E-state index contributed by atoms with van der Waals surface area (Å²) in [6.45, 7) is 4.83. The predicted molar refractivity (Wildman–Crippen MR) is 84.5 cm³/mol. The number of rotatable bonds is 4. The van der Waals surface area contributed by atoms with E-state index >= 15 is 0 Å². The Morgan fingerprint density at radius 3 is 3.05 bits per heavy atom. The third kappa shape index (κ3) is 3.07. The number of carbonyl (C=O) groups excluding carboxylic acids is 1. The number of ether oxygens (including phenoxy) is 1. The highest BCUT2D eigenvalue weighted by Gasteiger charge is 2.20. The van der Waals surface area contributed by atoms with Gasteiger partial charge in [-0.25, -0.2) is 4.98 Å². The summed E-state index contributed by atoms with van der Waals surface area (Å²) in [6, 6.07) is 3.67. The standard InChI is InChI=1S/C14H17N5O2S/c1-2-10-12(22-18-17-10)14(20)16-11-4-3-5-15-13(11)19-6-8-21-9-7-19/h3-5H,2,6-9H2,1H3,(H,16,20). The SMILES string of the molecule is CCc1nnsc1C(=O)Nc1cccnc1N1CCOCC1. The lowest BCUT2D eigenvalue weighted by Gasteiger charge is -2.29. The molecule has 0 aliphatic carbocycles. The number of nitrogens with zero attached hydrogens (tertiary/aromatic N) is 4. The smallest absolute Gasteiger partial charge is 0.269 e. The van der Waals surface area contributed by atoms with Gasteiger partial charge in [-0.3, -0.25) is 4.79 Å². The van der Waals surface area contributed by atoms with E-state index in [9.17, 15) is 4.79 Å². The van der Waals surface area contributed by atoms with Crippen molar-refractivity contribution in [3.05, 3.63) is 28.9 Å². The maximum Gasteiger partial charge on any atom is 0.269 e. The summed E-state index contributed by atoms with van der Waals surface area (Å²) in [5.41, 5.74) is 1.42. The van der Waals surface area contributed by atoms with Crippen molar-refractivity contribution in [1.82, 2.24) is 14.6 Å². The Labute approximate surface area is 132 Å². The van der Waals surface area contributed by atoms with Crippen molar-refractivity contribution in [3.8, 4) is 0 Å². The molecule has 0 spiro atoms. The largest absolute Gasteiger partial charge is 0.378 e. The summed E-state index contributed by atoms with van der Waals surface area (Å²) in [6.07, 6.45) is 2.41. The molecule has 1 saturated heterocycles. The number of aromatic nitrogens is 3. The van der Waals surface area contributed by atoms with Gasteiger partial charge in [-0.15, -0.1) is 5.10 Å². The van der Waals surface area contributed by atoms with Crippen LogP contribution in [0.5, 0.6) is 0 Å². The molecule has 2 aromatic heterocycles. The van der Waals surface area contributed by atoms with E-state index in [4.69, 9.17) is 4.74 Å². The lowest BCUT2D eigenvalue weighted by molar-refractivity contribution is 0.102. The highest BCUT2D eigenvalue weighted by molar-refractivity contribution is 7.08. The average Bonchev–Trinajstić information content (AvgIpc) is 3.05. The zero-order valence-electron chi connectivity index (χ0n) is 12.3. The van der Waals surface area contributed by atoms with Crippen LogP contribution in [0.3, 0.4) is 0 Å². The van der Waals surface area contributed by atoms with Crippen LogP contribution in [0.15, 0.2) is 18.3 Å². The van der Waals surface area contributed by atoms with E-state index in [-0.39, 0.29) is 5.91 Å². The Morgan fingerprint density at radius 2 is 2.27 bits per heavy atom. The summed E-state index contributed by atoms with van der Waals surface area (Å²) in [5, 5.41) is 6.91. The van der Waals surface area contributed by atoms with E-state index in [1.54, 1.807) is 6.20 Å². The van der Waals surface area contributed by atoms with Gasteiger partial charge in [-0.05, 0) is 30.1 Å². The molecule has 1 aliphatic heterocycles. The van der Waals surface area contributed by atoms with Crippen LogP contribution < -0.4 is 10.2 Å². The van der Waals surface area contributed by atoms with Gasteiger partial charge in [-0.2, -0.15) is 0 Å². The number of hydrogen-bond donors (Lipinski definition) is 1. The third-order valence-corrected chi connectivity index (χ3v) is 4.21. The van der Waals surface area contributed by atoms with Crippen molar-refractivity contribution in [2.45, 2.75) is 13.3 Å². The Bertz CT molecular complexity index is 654. The summed E-state index contributed by atoms with van der Waals surface area (Å²) < 4.78 is 9.22. The maximum atomic E-state index is 12.4. The molecular weight excluding hydrogens is 302 g/mol. The van der Waals surface area contributed by atoms with Gasteiger partial charge in [0, 0.05) is 19.3 Å². The molecule has 3 rings (SSSR count). The minimum Gasteiger partial charge on any atom is -0.378 e. The first-order valence-electron chi connectivity index (χ1n) is 7.20. The van der Waals surface area contributed by atoms with E-state index in [0.717, 1.165) is 36.1 Å². The van der Waals surface area contributed by atoms with E-state index in [1.807, 2.05) is 19.1 Å². The molecule has 1 amide bonds. The number of pyridine rings is 1. The van der Waals surface area contributed by atoms with Crippen molar-refractivity contribution < 1.29 is 9.53 Å². The molecule has 1 N–H and O–H groups in total. The molecule has 0 atom stereocenters. The highest BCUT2D eigenvalue weighted by Crippen LogP contribution is 2.25. The number of morpholine rings is 1. The fourth-order valence-corrected chi connectivity index (χ4v) is 2.96. The van der Waals surface area contributed by atoms with Gasteiger partial charge in [0.15, 0.2) is 5.82 Å². The molecule has 8 heteroatoms. The van der Waals surface area contributed by atoms with Gasteiger partial charge >= 0.3 is 0 Å². The number of aryl methyl sites for hydroxylation is 1. The first kappa shape index (κ1) is 14.9. The average molecular weight is 319 g/mol. The minimum atomic E-state index is -0.186. The Balaban J connectivity index is 1.81. The molecule has 1 fully saturated rings. The molecule has 116 valence electrons. The Kier molecular flexibility index (Phi) is 4.59. The zero-order valence-corrected chi connectivity index (χ0v) is 13.1. The van der Waals surface area contributed by atoms with Gasteiger partial charge in [0.05, 0.1) is 24.6 Å². The number of hydrogen-bond acceptors (Lipinski definition) is 7. The number of anilines is 2. The fraction of sp³-hybridized carbons (Fsp3) is 0.429. The van der Waals surface area contributed by atoms with Crippen LogP contribution in [0, 0.1) is 0 Å². The van der Waals surface area contributed by atoms with E-state index < -0.39 is 0 Å². The molecule has 2 aromatic rings. The minimum absolute atomic E-state index is 0.186. The normalized spacial score (nSPS) is 14.9. The second-order valence-corrected chi connectivity index (χ2v) is 5.58. The van der Waals surface area contributed by atoms with Crippen LogP contribution >= 0.6 is 11.5 Å². The molecule has 1 aliphatic rings. The van der Waals surface area contributed by atoms with Gasteiger partial charge in [-0.1, -0.05) is 11.4 Å². The second-order valence-electron chi connectivity index (χ2n) is 4.83. The number of nitrogens with one attached hydrogen (secondary N) is 1. The molecule has 0 bridgehead atoms. The van der Waals surface area contributed by atoms with Crippen LogP contribution in [-0.4, -0.2) is 46.8 Å². The van der Waals surface area contributed by atoms with E-state index in [0.29, 0.717) is 30.2 Å². The summed E-state index contributed by atoms with van der Waals surface area (Å²) in [7, 11) is 0. The lowest BCUT2D eigenvalue weighted by atomic mass is 10.2. The monoisotopic (exact) mass is 319 g/mol. The van der Waals surface area contributed by atoms with E-state index in [2.05, 4.69) is 24.8 Å². The van der Waals surface area contributed by atoms with Crippen LogP contribution in [0.2, 0.25) is 0 Å². The number of amides is 1. The maximum absolute atomic E-state index is 12.4. The molecule has 7 nitrogen and oxygen atoms in total. The van der Waals surface area contributed by atoms with Crippen LogP contribution in [-0.2, 0) is 11.2 Å². The lowest BCUT2D eigenvalue weighted by Crippen LogP contribution is -2.37.